The highest BCUT2D eigenvalue weighted by molar-refractivity contribution is 5.75. The average Bonchev–Trinajstić information content (AvgIpc) is 2.84. The van der Waals surface area contributed by atoms with Crippen molar-refractivity contribution in [3.8, 4) is 0 Å². The van der Waals surface area contributed by atoms with Crippen LogP contribution in [0.3, 0.4) is 0 Å². The van der Waals surface area contributed by atoms with Crippen LogP contribution in [-0.2, 0) is 13.0 Å². The first-order valence-electron chi connectivity index (χ1n) is 6.93. The second-order valence-corrected chi connectivity index (χ2v) is 4.85. The lowest BCUT2D eigenvalue weighted by molar-refractivity contribution is 0.164. The fraction of sp³-hybridized carbons (Fsp3) is 0.250. The van der Waals surface area contributed by atoms with Gasteiger partial charge in [-0.1, -0.05) is 12.1 Å². The molecule has 3 aromatic rings. The summed E-state index contributed by atoms with van der Waals surface area (Å²) >= 11 is 0. The highest BCUT2D eigenvalue weighted by Gasteiger charge is 2.18. The molecule has 0 bridgehead atoms. The second kappa shape index (κ2) is 5.61. The fourth-order valence-electron chi connectivity index (χ4n) is 2.55. The van der Waals surface area contributed by atoms with E-state index in [4.69, 9.17) is 0 Å². The summed E-state index contributed by atoms with van der Waals surface area (Å²) in [5, 5.41) is 10.2. The molecule has 0 saturated heterocycles. The predicted octanol–water partition coefficient (Wildman–Crippen LogP) is 2.87. The van der Waals surface area contributed by atoms with Crippen LogP contribution in [0.1, 0.15) is 24.5 Å². The van der Waals surface area contributed by atoms with Gasteiger partial charge in [0.1, 0.15) is 23.4 Å². The van der Waals surface area contributed by atoms with Crippen molar-refractivity contribution in [3.63, 3.8) is 0 Å². The predicted molar refractivity (Wildman–Crippen MR) is 78.3 cm³/mol. The molecular formula is C16H16FN3O. The van der Waals surface area contributed by atoms with Gasteiger partial charge in [0, 0.05) is 19.2 Å². The van der Waals surface area contributed by atoms with Crippen molar-refractivity contribution in [2.24, 2.45) is 0 Å². The minimum Gasteiger partial charge on any atom is -0.386 e. The van der Waals surface area contributed by atoms with Crippen LogP contribution in [0, 0.1) is 5.82 Å². The largest absolute Gasteiger partial charge is 0.386 e. The Labute approximate surface area is 121 Å². The number of benzene rings is 1. The molecule has 0 aliphatic carbocycles. The lowest BCUT2D eigenvalue weighted by Gasteiger charge is -2.11. The molecule has 5 heteroatoms. The van der Waals surface area contributed by atoms with Crippen molar-refractivity contribution >= 4 is 11.0 Å². The molecule has 0 radical (unpaired) electrons. The number of hydrogen-bond donors (Lipinski definition) is 1. The van der Waals surface area contributed by atoms with E-state index in [1.54, 1.807) is 0 Å². The number of aryl methyl sites for hydroxylation is 1. The number of pyridine rings is 1. The molecule has 2 aromatic heterocycles. The van der Waals surface area contributed by atoms with Gasteiger partial charge in [-0.2, -0.15) is 0 Å². The maximum absolute atomic E-state index is 13.7. The molecule has 0 fully saturated rings. The molecule has 0 saturated carbocycles. The molecule has 0 aliphatic heterocycles. The van der Waals surface area contributed by atoms with Crippen molar-refractivity contribution in [1.82, 2.24) is 14.5 Å². The Morgan fingerprint density at radius 3 is 2.81 bits per heavy atom. The molecule has 0 aliphatic rings. The summed E-state index contributed by atoms with van der Waals surface area (Å²) in [6, 6.07) is 10.6. The highest BCUT2D eigenvalue weighted by Crippen LogP contribution is 2.22. The summed E-state index contributed by atoms with van der Waals surface area (Å²) in [7, 11) is 0. The zero-order chi connectivity index (χ0) is 14.8. The van der Waals surface area contributed by atoms with Gasteiger partial charge >= 0.3 is 0 Å². The summed E-state index contributed by atoms with van der Waals surface area (Å²) in [5.74, 6) is 0.236. The maximum atomic E-state index is 13.7. The molecule has 1 aromatic carbocycles. The number of aliphatic hydroxyl groups excluding tert-OH is 1. The van der Waals surface area contributed by atoms with Crippen LogP contribution in [0.2, 0.25) is 0 Å². The molecule has 4 nitrogen and oxygen atoms in total. The summed E-state index contributed by atoms with van der Waals surface area (Å²) in [5.41, 5.74) is 1.96. The number of hydrogen-bond acceptors (Lipinski definition) is 3. The highest BCUT2D eigenvalue weighted by atomic mass is 19.1. The number of nitrogens with zero attached hydrogens (tertiary/aromatic N) is 3. The molecule has 2 heterocycles. The van der Waals surface area contributed by atoms with Crippen LogP contribution < -0.4 is 0 Å². The van der Waals surface area contributed by atoms with E-state index in [1.165, 1.54) is 18.3 Å². The smallest absolute Gasteiger partial charge is 0.147 e. The number of para-hydroxylation sites is 2. The summed E-state index contributed by atoms with van der Waals surface area (Å²) < 4.78 is 15.7. The summed E-state index contributed by atoms with van der Waals surface area (Å²) in [4.78, 5) is 8.45. The SMILES string of the molecule is CCn1c(CC(O)c2ncccc2F)nc2ccccc21. The Balaban J connectivity index is 1.96. The van der Waals surface area contributed by atoms with Gasteiger partial charge in [0.15, 0.2) is 0 Å². The Hall–Kier alpha value is -2.27. The Morgan fingerprint density at radius 1 is 1.24 bits per heavy atom. The molecule has 1 atom stereocenters. The summed E-state index contributed by atoms with van der Waals surface area (Å²) in [6.45, 7) is 2.76. The van der Waals surface area contributed by atoms with Gasteiger partial charge in [-0.15, -0.1) is 0 Å². The second-order valence-electron chi connectivity index (χ2n) is 4.85. The lowest BCUT2D eigenvalue weighted by atomic mass is 10.1. The minimum atomic E-state index is -1.01. The Bertz CT molecular complexity index is 769. The molecule has 21 heavy (non-hydrogen) atoms. The van der Waals surface area contributed by atoms with E-state index in [1.807, 2.05) is 35.8 Å². The number of aromatic nitrogens is 3. The van der Waals surface area contributed by atoms with Gasteiger partial charge in [-0.25, -0.2) is 9.37 Å². The molecular weight excluding hydrogens is 269 g/mol. The molecule has 1 unspecified atom stereocenters. The molecule has 3 rings (SSSR count). The quantitative estimate of drug-likeness (QED) is 0.802. The van der Waals surface area contributed by atoms with Crippen LogP contribution >= 0.6 is 0 Å². The first-order valence-corrected chi connectivity index (χ1v) is 6.93. The van der Waals surface area contributed by atoms with Gasteiger partial charge in [-0.05, 0) is 31.2 Å². The zero-order valence-corrected chi connectivity index (χ0v) is 11.7. The minimum absolute atomic E-state index is 0.0622. The van der Waals surface area contributed by atoms with Crippen molar-refractivity contribution < 1.29 is 9.50 Å². The standard InChI is InChI=1S/C16H16FN3O/c1-2-20-13-8-4-3-7-12(13)19-15(20)10-14(21)16-11(17)6-5-9-18-16/h3-9,14,21H,2,10H2,1H3. The van der Waals surface area contributed by atoms with Crippen LogP contribution in [0.15, 0.2) is 42.6 Å². The summed E-state index contributed by atoms with van der Waals surface area (Å²) in [6.07, 6.45) is 0.703. The number of fused-ring (bicyclic) bond motifs is 1. The lowest BCUT2D eigenvalue weighted by Crippen LogP contribution is -2.11. The van der Waals surface area contributed by atoms with Gasteiger partial charge in [0.2, 0.25) is 0 Å². The monoisotopic (exact) mass is 285 g/mol. The van der Waals surface area contributed by atoms with E-state index in [9.17, 15) is 9.50 Å². The van der Waals surface area contributed by atoms with Crippen LogP contribution in [0.25, 0.3) is 11.0 Å². The Morgan fingerprint density at radius 2 is 2.05 bits per heavy atom. The van der Waals surface area contributed by atoms with E-state index >= 15 is 0 Å². The van der Waals surface area contributed by atoms with Gasteiger partial charge in [-0.3, -0.25) is 4.98 Å². The fourth-order valence-corrected chi connectivity index (χ4v) is 2.55. The number of rotatable bonds is 4. The van der Waals surface area contributed by atoms with Gasteiger partial charge in [0.25, 0.3) is 0 Å². The Kier molecular flexibility index (Phi) is 3.66. The maximum Gasteiger partial charge on any atom is 0.147 e. The van der Waals surface area contributed by atoms with E-state index in [0.29, 0.717) is 0 Å². The van der Waals surface area contributed by atoms with Crippen molar-refractivity contribution in [3.05, 3.63) is 59.9 Å². The van der Waals surface area contributed by atoms with Crippen molar-refractivity contribution in [1.29, 1.82) is 0 Å². The normalized spacial score (nSPS) is 12.7. The molecule has 0 spiro atoms. The van der Waals surface area contributed by atoms with E-state index < -0.39 is 11.9 Å². The van der Waals surface area contributed by atoms with Gasteiger partial charge < -0.3 is 9.67 Å². The van der Waals surface area contributed by atoms with Crippen LogP contribution in [0.5, 0.6) is 0 Å². The first kappa shape index (κ1) is 13.7. The molecule has 0 amide bonds. The molecule has 108 valence electrons. The first-order chi connectivity index (χ1) is 10.2. The van der Waals surface area contributed by atoms with Gasteiger partial charge in [0.05, 0.1) is 11.0 Å². The zero-order valence-electron chi connectivity index (χ0n) is 11.7. The van der Waals surface area contributed by atoms with E-state index in [-0.39, 0.29) is 12.1 Å². The van der Waals surface area contributed by atoms with Crippen molar-refractivity contribution in [2.45, 2.75) is 26.0 Å². The van der Waals surface area contributed by atoms with E-state index in [0.717, 1.165) is 23.4 Å². The number of aliphatic hydroxyl groups is 1. The third-order valence-electron chi connectivity index (χ3n) is 3.53. The number of imidazole rings is 1. The van der Waals surface area contributed by atoms with Crippen LogP contribution in [0.4, 0.5) is 4.39 Å². The van der Waals surface area contributed by atoms with Crippen LogP contribution in [-0.4, -0.2) is 19.6 Å². The molecule has 1 N–H and O–H groups in total. The van der Waals surface area contributed by atoms with Crippen molar-refractivity contribution in [2.75, 3.05) is 0 Å². The third kappa shape index (κ3) is 2.52. The average molecular weight is 285 g/mol. The third-order valence-corrected chi connectivity index (χ3v) is 3.53. The van der Waals surface area contributed by atoms with E-state index in [2.05, 4.69) is 9.97 Å². The number of halogens is 1. The topological polar surface area (TPSA) is 50.9 Å².